The number of likely N-dealkylation sites (tertiary alicyclic amines) is 1. The highest BCUT2D eigenvalue weighted by Gasteiger charge is 2.39. The zero-order valence-electron chi connectivity index (χ0n) is 14.5. The Balaban J connectivity index is 1.59. The first-order chi connectivity index (χ1) is 11.9. The molecule has 3 fully saturated rings. The minimum atomic E-state index is -3.42. The third-order valence-corrected chi connectivity index (χ3v) is 7.87. The lowest BCUT2D eigenvalue weighted by Gasteiger charge is -2.34. The number of carboxylic acid groups (broad SMARTS) is 1. The Morgan fingerprint density at radius 1 is 0.960 bits per heavy atom. The minimum Gasteiger partial charge on any atom is -0.481 e. The number of piperidine rings is 1. The van der Waals surface area contributed by atoms with Crippen LogP contribution in [0.2, 0.25) is 0 Å². The zero-order chi connectivity index (χ0) is 18.0. The molecular formula is C17H28N2O5S. The lowest BCUT2D eigenvalue weighted by molar-refractivity contribution is -0.141. The van der Waals surface area contributed by atoms with Crippen LogP contribution in [0.15, 0.2) is 0 Å². The van der Waals surface area contributed by atoms with Gasteiger partial charge in [0.05, 0.1) is 11.2 Å². The second kappa shape index (κ2) is 7.61. The van der Waals surface area contributed by atoms with Crippen LogP contribution in [0.4, 0.5) is 0 Å². The van der Waals surface area contributed by atoms with Crippen molar-refractivity contribution in [1.82, 2.24) is 9.62 Å². The maximum atomic E-state index is 12.7. The van der Waals surface area contributed by atoms with Crippen molar-refractivity contribution in [3.63, 3.8) is 0 Å². The molecule has 3 atom stereocenters. The molecule has 3 rings (SSSR count). The summed E-state index contributed by atoms with van der Waals surface area (Å²) in [5, 5.41) is 8.54. The van der Waals surface area contributed by atoms with Gasteiger partial charge in [0.2, 0.25) is 15.9 Å². The van der Waals surface area contributed by atoms with E-state index >= 15 is 0 Å². The zero-order valence-corrected chi connectivity index (χ0v) is 15.3. The summed E-state index contributed by atoms with van der Waals surface area (Å²) in [6, 6.07) is 0.0437. The summed E-state index contributed by atoms with van der Waals surface area (Å²) in [4.78, 5) is 25.4. The fourth-order valence-corrected chi connectivity index (χ4v) is 6.20. The quantitative estimate of drug-likeness (QED) is 0.758. The van der Waals surface area contributed by atoms with Crippen molar-refractivity contribution in [2.45, 2.75) is 69.1 Å². The Morgan fingerprint density at radius 2 is 1.64 bits per heavy atom. The van der Waals surface area contributed by atoms with Crippen molar-refractivity contribution in [3.8, 4) is 0 Å². The van der Waals surface area contributed by atoms with E-state index in [1.54, 1.807) is 4.90 Å². The Hall–Kier alpha value is -1.15. The molecule has 0 bridgehead atoms. The molecule has 0 aromatic carbocycles. The van der Waals surface area contributed by atoms with E-state index in [2.05, 4.69) is 4.72 Å². The molecule has 1 saturated heterocycles. The van der Waals surface area contributed by atoms with Crippen LogP contribution in [-0.4, -0.2) is 54.7 Å². The van der Waals surface area contributed by atoms with Gasteiger partial charge in [-0.2, -0.15) is 0 Å². The van der Waals surface area contributed by atoms with Crippen LogP contribution in [0.5, 0.6) is 0 Å². The normalized spacial score (nSPS) is 31.4. The SMILES string of the molecule is O=C(O)[C@@H]1CC[C@H](C(=O)N2CCCC(S(=O)(=O)NC3CCCC3)C2)C1. The number of aliphatic carboxylic acids is 1. The third-order valence-electron chi connectivity index (χ3n) is 5.95. The fraction of sp³-hybridized carbons (Fsp3) is 0.882. The molecule has 1 unspecified atom stereocenters. The molecule has 0 aromatic heterocycles. The lowest BCUT2D eigenvalue weighted by atomic mass is 10.0. The van der Waals surface area contributed by atoms with E-state index in [1.165, 1.54) is 0 Å². The highest BCUT2D eigenvalue weighted by molar-refractivity contribution is 7.90. The smallest absolute Gasteiger partial charge is 0.306 e. The predicted molar refractivity (Wildman–Crippen MR) is 92.4 cm³/mol. The van der Waals surface area contributed by atoms with Crippen molar-refractivity contribution in [1.29, 1.82) is 0 Å². The van der Waals surface area contributed by atoms with E-state index in [4.69, 9.17) is 5.11 Å². The standard InChI is InChI=1S/C17H28N2O5S/c20-16(12-7-8-13(10-12)17(21)22)19-9-3-6-15(11-19)25(23,24)18-14-4-1-2-5-14/h12-15,18H,1-11H2,(H,21,22)/t12-,13+,15?/m0/s1. The number of nitrogens with one attached hydrogen (secondary N) is 1. The number of carbonyl (C=O) groups is 2. The molecule has 8 heteroatoms. The third kappa shape index (κ3) is 4.34. The van der Waals surface area contributed by atoms with Crippen LogP contribution >= 0.6 is 0 Å². The summed E-state index contributed by atoms with van der Waals surface area (Å²) < 4.78 is 28.1. The molecule has 0 radical (unpaired) electrons. The van der Waals surface area contributed by atoms with Gasteiger partial charge in [-0.15, -0.1) is 0 Å². The Morgan fingerprint density at radius 3 is 2.28 bits per heavy atom. The van der Waals surface area contributed by atoms with Gasteiger partial charge in [-0.1, -0.05) is 12.8 Å². The Kier molecular flexibility index (Phi) is 5.68. The van der Waals surface area contributed by atoms with E-state index in [9.17, 15) is 18.0 Å². The lowest BCUT2D eigenvalue weighted by Crippen LogP contribution is -2.51. The first-order valence-corrected chi connectivity index (χ1v) is 10.9. The summed E-state index contributed by atoms with van der Waals surface area (Å²) in [6.45, 7) is 0.803. The molecule has 0 spiro atoms. The van der Waals surface area contributed by atoms with Crippen LogP contribution in [0, 0.1) is 11.8 Å². The highest BCUT2D eigenvalue weighted by atomic mass is 32.2. The van der Waals surface area contributed by atoms with Gasteiger partial charge >= 0.3 is 5.97 Å². The van der Waals surface area contributed by atoms with Gasteiger partial charge < -0.3 is 10.0 Å². The minimum absolute atomic E-state index is 0.0437. The summed E-state index contributed by atoms with van der Waals surface area (Å²) >= 11 is 0. The molecule has 2 saturated carbocycles. The number of amides is 1. The van der Waals surface area contributed by atoms with E-state index in [0.717, 1.165) is 25.7 Å². The molecule has 1 amide bonds. The van der Waals surface area contributed by atoms with E-state index in [0.29, 0.717) is 38.6 Å². The van der Waals surface area contributed by atoms with Crippen molar-refractivity contribution in [2.75, 3.05) is 13.1 Å². The summed E-state index contributed by atoms with van der Waals surface area (Å²) in [6.07, 6.45) is 6.67. The number of carbonyl (C=O) groups excluding carboxylic acids is 1. The van der Waals surface area contributed by atoms with Gasteiger partial charge in [0.1, 0.15) is 0 Å². The second-order valence-electron chi connectivity index (χ2n) is 7.74. The molecule has 1 heterocycles. The largest absolute Gasteiger partial charge is 0.481 e. The average Bonchev–Trinajstić information content (AvgIpc) is 3.25. The molecule has 1 aliphatic heterocycles. The van der Waals surface area contributed by atoms with Crippen molar-refractivity contribution in [2.24, 2.45) is 11.8 Å². The number of nitrogens with zero attached hydrogens (tertiary/aromatic N) is 1. The first-order valence-electron chi connectivity index (χ1n) is 9.39. The van der Waals surface area contributed by atoms with Crippen molar-refractivity contribution < 1.29 is 23.1 Å². The van der Waals surface area contributed by atoms with Crippen LogP contribution in [-0.2, 0) is 19.6 Å². The maximum absolute atomic E-state index is 12.7. The van der Waals surface area contributed by atoms with E-state index in [1.807, 2.05) is 0 Å². The number of hydrogen-bond acceptors (Lipinski definition) is 4. The topological polar surface area (TPSA) is 104 Å². The molecule has 142 valence electrons. The Bertz CT molecular complexity index is 615. The summed E-state index contributed by atoms with van der Waals surface area (Å²) in [7, 11) is -3.42. The van der Waals surface area contributed by atoms with Crippen LogP contribution in [0.3, 0.4) is 0 Å². The predicted octanol–water partition coefficient (Wildman–Crippen LogP) is 1.34. The van der Waals surface area contributed by atoms with Gasteiger partial charge in [0.25, 0.3) is 0 Å². The molecule has 2 N–H and O–H groups in total. The van der Waals surface area contributed by atoms with E-state index < -0.39 is 27.2 Å². The second-order valence-corrected chi connectivity index (χ2v) is 9.73. The highest BCUT2D eigenvalue weighted by Crippen LogP contribution is 2.33. The monoisotopic (exact) mass is 372 g/mol. The number of rotatable bonds is 5. The maximum Gasteiger partial charge on any atom is 0.306 e. The molecular weight excluding hydrogens is 344 g/mol. The molecule has 0 aromatic rings. The molecule has 25 heavy (non-hydrogen) atoms. The van der Waals surface area contributed by atoms with Gasteiger partial charge in [0, 0.05) is 25.0 Å². The van der Waals surface area contributed by atoms with Gasteiger partial charge in [0.15, 0.2) is 0 Å². The van der Waals surface area contributed by atoms with Gasteiger partial charge in [-0.25, -0.2) is 13.1 Å². The Labute approximate surface area is 149 Å². The molecule has 3 aliphatic rings. The fourth-order valence-electron chi connectivity index (χ4n) is 4.45. The first kappa shape index (κ1) is 18.6. The molecule has 7 nitrogen and oxygen atoms in total. The average molecular weight is 372 g/mol. The summed E-state index contributed by atoms with van der Waals surface area (Å²) in [5.41, 5.74) is 0. The van der Waals surface area contributed by atoms with Gasteiger partial charge in [-0.3, -0.25) is 9.59 Å². The number of hydrogen-bond donors (Lipinski definition) is 2. The summed E-state index contributed by atoms with van der Waals surface area (Å²) in [5.74, 6) is -1.62. The van der Waals surface area contributed by atoms with Gasteiger partial charge in [-0.05, 0) is 44.9 Å². The van der Waals surface area contributed by atoms with E-state index in [-0.39, 0.29) is 24.4 Å². The van der Waals surface area contributed by atoms with Crippen molar-refractivity contribution >= 4 is 21.9 Å². The molecule has 2 aliphatic carbocycles. The van der Waals surface area contributed by atoms with Crippen LogP contribution in [0.25, 0.3) is 0 Å². The van der Waals surface area contributed by atoms with Crippen LogP contribution in [0.1, 0.15) is 57.8 Å². The number of carboxylic acids is 1. The van der Waals surface area contributed by atoms with Crippen molar-refractivity contribution in [3.05, 3.63) is 0 Å². The van der Waals surface area contributed by atoms with Crippen LogP contribution < -0.4 is 4.72 Å². The number of sulfonamides is 1.